The summed E-state index contributed by atoms with van der Waals surface area (Å²) in [5.74, 6) is 0.745. The molecule has 1 saturated carbocycles. The molecule has 0 spiro atoms. The molecule has 0 aromatic heterocycles. The van der Waals surface area contributed by atoms with Crippen molar-refractivity contribution >= 4 is 40.0 Å². The van der Waals surface area contributed by atoms with Crippen molar-refractivity contribution in [2.45, 2.75) is 44.9 Å². The first-order valence-electron chi connectivity index (χ1n) is 7.51. The lowest BCUT2D eigenvalue weighted by Gasteiger charge is -2.34. The monoisotopic (exact) mass is 446 g/mol. The standard InChI is InChI=1S/C13H26N4O3S.HI/c1-10-8-17(9-11(2)20-10)21(18,19)7-6-15-13(14-3)16-12-4-5-12;/h10-12H,4-9H2,1-3H3,(H2,14,15,16);1H. The van der Waals surface area contributed by atoms with Crippen molar-refractivity contribution in [1.29, 1.82) is 0 Å². The Balaban J connectivity index is 0.00000242. The summed E-state index contributed by atoms with van der Waals surface area (Å²) in [6, 6.07) is 0.494. The van der Waals surface area contributed by atoms with Crippen LogP contribution in [0.25, 0.3) is 0 Å². The van der Waals surface area contributed by atoms with E-state index in [9.17, 15) is 8.42 Å². The van der Waals surface area contributed by atoms with Crippen LogP contribution in [0.15, 0.2) is 4.99 Å². The number of halogens is 1. The highest BCUT2D eigenvalue weighted by atomic mass is 127. The minimum atomic E-state index is -3.26. The first-order valence-corrected chi connectivity index (χ1v) is 9.12. The van der Waals surface area contributed by atoms with E-state index in [2.05, 4.69) is 15.6 Å². The quantitative estimate of drug-likeness (QED) is 0.362. The van der Waals surface area contributed by atoms with E-state index < -0.39 is 10.0 Å². The van der Waals surface area contributed by atoms with Gasteiger partial charge in [0, 0.05) is 32.7 Å². The molecule has 0 aromatic rings. The SMILES string of the molecule is CN=C(NCCS(=O)(=O)N1CC(C)OC(C)C1)NC1CC1.I. The fourth-order valence-electron chi connectivity index (χ4n) is 2.40. The van der Waals surface area contributed by atoms with Crippen LogP contribution in [0.2, 0.25) is 0 Å². The maximum Gasteiger partial charge on any atom is 0.216 e. The normalized spacial score (nSPS) is 27.1. The van der Waals surface area contributed by atoms with E-state index in [0.717, 1.165) is 12.8 Å². The van der Waals surface area contributed by atoms with E-state index in [4.69, 9.17) is 4.74 Å². The number of guanidine groups is 1. The molecule has 22 heavy (non-hydrogen) atoms. The van der Waals surface area contributed by atoms with Gasteiger partial charge in [-0.05, 0) is 26.7 Å². The van der Waals surface area contributed by atoms with Crippen molar-refractivity contribution in [1.82, 2.24) is 14.9 Å². The summed E-state index contributed by atoms with van der Waals surface area (Å²) in [5, 5.41) is 6.29. The molecule has 0 radical (unpaired) electrons. The Kier molecular flexibility index (Phi) is 7.83. The molecule has 0 amide bonds. The fraction of sp³-hybridized carbons (Fsp3) is 0.923. The molecule has 0 bridgehead atoms. The molecule has 9 heteroatoms. The molecule has 130 valence electrons. The number of hydrogen-bond donors (Lipinski definition) is 2. The van der Waals surface area contributed by atoms with Gasteiger partial charge in [-0.1, -0.05) is 0 Å². The highest BCUT2D eigenvalue weighted by Crippen LogP contribution is 2.18. The Morgan fingerprint density at radius 2 is 1.86 bits per heavy atom. The molecular weight excluding hydrogens is 419 g/mol. The van der Waals surface area contributed by atoms with Crippen LogP contribution in [0, 0.1) is 0 Å². The topological polar surface area (TPSA) is 83.0 Å². The molecule has 2 atom stereocenters. The minimum Gasteiger partial charge on any atom is -0.373 e. The summed E-state index contributed by atoms with van der Waals surface area (Å²) >= 11 is 0. The van der Waals surface area contributed by atoms with Gasteiger partial charge in [-0.25, -0.2) is 8.42 Å². The number of nitrogens with one attached hydrogen (secondary N) is 2. The lowest BCUT2D eigenvalue weighted by Crippen LogP contribution is -2.50. The Labute approximate surface area is 150 Å². The second kappa shape index (κ2) is 8.65. The van der Waals surface area contributed by atoms with E-state index >= 15 is 0 Å². The van der Waals surface area contributed by atoms with E-state index in [0.29, 0.717) is 31.6 Å². The van der Waals surface area contributed by atoms with Crippen LogP contribution in [-0.2, 0) is 14.8 Å². The minimum absolute atomic E-state index is 0. The first kappa shape index (κ1) is 19.9. The average molecular weight is 446 g/mol. The number of sulfonamides is 1. The molecule has 2 N–H and O–H groups in total. The summed E-state index contributed by atoms with van der Waals surface area (Å²) in [4.78, 5) is 4.09. The van der Waals surface area contributed by atoms with Gasteiger partial charge in [0.1, 0.15) is 0 Å². The van der Waals surface area contributed by atoms with E-state index in [-0.39, 0.29) is 41.9 Å². The van der Waals surface area contributed by atoms with Crippen molar-refractivity contribution in [2.24, 2.45) is 4.99 Å². The summed E-state index contributed by atoms with van der Waals surface area (Å²) in [6.45, 7) is 5.02. The summed E-state index contributed by atoms with van der Waals surface area (Å²) in [6.07, 6.45) is 2.20. The second-order valence-corrected chi connectivity index (χ2v) is 7.90. The van der Waals surface area contributed by atoms with Gasteiger partial charge in [0.15, 0.2) is 5.96 Å². The molecule has 2 fully saturated rings. The molecule has 1 heterocycles. The van der Waals surface area contributed by atoms with Crippen molar-refractivity contribution in [3.05, 3.63) is 0 Å². The molecule has 2 aliphatic rings. The Morgan fingerprint density at radius 3 is 2.36 bits per heavy atom. The van der Waals surface area contributed by atoms with Crippen LogP contribution in [-0.4, -0.2) is 69.4 Å². The van der Waals surface area contributed by atoms with Crippen LogP contribution in [0.5, 0.6) is 0 Å². The molecule has 7 nitrogen and oxygen atoms in total. The summed E-state index contributed by atoms with van der Waals surface area (Å²) < 4.78 is 31.8. The third-order valence-corrected chi connectivity index (χ3v) is 5.38. The lowest BCUT2D eigenvalue weighted by molar-refractivity contribution is -0.0440. The van der Waals surface area contributed by atoms with E-state index in [1.165, 1.54) is 4.31 Å². The van der Waals surface area contributed by atoms with Gasteiger partial charge in [0.25, 0.3) is 0 Å². The van der Waals surface area contributed by atoms with Crippen LogP contribution < -0.4 is 10.6 Å². The lowest BCUT2D eigenvalue weighted by atomic mass is 10.3. The number of hydrogen-bond acceptors (Lipinski definition) is 4. The molecule has 1 saturated heterocycles. The predicted molar refractivity (Wildman–Crippen MR) is 98.3 cm³/mol. The summed E-state index contributed by atoms with van der Waals surface area (Å²) in [5.41, 5.74) is 0. The molecule has 2 rings (SSSR count). The fourth-order valence-corrected chi connectivity index (χ4v) is 3.89. The van der Waals surface area contributed by atoms with Gasteiger partial charge in [-0.3, -0.25) is 4.99 Å². The molecule has 1 aliphatic carbocycles. The number of ether oxygens (including phenoxy) is 1. The van der Waals surface area contributed by atoms with Crippen molar-refractivity contribution in [3.8, 4) is 0 Å². The van der Waals surface area contributed by atoms with Gasteiger partial charge in [0.05, 0.1) is 18.0 Å². The third-order valence-electron chi connectivity index (χ3n) is 3.57. The molecule has 0 aromatic carbocycles. The van der Waals surface area contributed by atoms with Crippen LogP contribution in [0.1, 0.15) is 26.7 Å². The maximum atomic E-state index is 12.4. The van der Waals surface area contributed by atoms with Gasteiger partial charge < -0.3 is 15.4 Å². The van der Waals surface area contributed by atoms with Crippen LogP contribution in [0.3, 0.4) is 0 Å². The van der Waals surface area contributed by atoms with Gasteiger partial charge in [-0.2, -0.15) is 4.31 Å². The van der Waals surface area contributed by atoms with Crippen LogP contribution >= 0.6 is 24.0 Å². The highest BCUT2D eigenvalue weighted by Gasteiger charge is 2.30. The Hall–Kier alpha value is -0.130. The smallest absolute Gasteiger partial charge is 0.216 e. The van der Waals surface area contributed by atoms with E-state index in [1.807, 2.05) is 13.8 Å². The van der Waals surface area contributed by atoms with Gasteiger partial charge >= 0.3 is 0 Å². The average Bonchev–Trinajstić information content (AvgIpc) is 3.20. The largest absolute Gasteiger partial charge is 0.373 e. The predicted octanol–water partition coefficient (Wildman–Crippen LogP) is 0.371. The van der Waals surface area contributed by atoms with Gasteiger partial charge in [-0.15, -0.1) is 24.0 Å². The second-order valence-electron chi connectivity index (χ2n) is 5.81. The Bertz CT molecular complexity index is 472. The first-order chi connectivity index (χ1) is 9.90. The van der Waals surface area contributed by atoms with Crippen molar-refractivity contribution in [3.63, 3.8) is 0 Å². The maximum absolute atomic E-state index is 12.4. The molecule has 1 aliphatic heterocycles. The van der Waals surface area contributed by atoms with E-state index in [1.54, 1.807) is 7.05 Å². The zero-order valence-corrected chi connectivity index (χ0v) is 16.6. The Morgan fingerprint density at radius 1 is 1.27 bits per heavy atom. The van der Waals surface area contributed by atoms with Gasteiger partial charge in [0.2, 0.25) is 10.0 Å². The molecule has 2 unspecified atom stereocenters. The van der Waals surface area contributed by atoms with Crippen molar-refractivity contribution in [2.75, 3.05) is 32.4 Å². The molecular formula is C13H27IN4O3S. The number of nitrogens with zero attached hydrogens (tertiary/aromatic N) is 2. The zero-order chi connectivity index (χ0) is 15.5. The summed E-state index contributed by atoms with van der Waals surface area (Å²) in [7, 11) is -1.57. The third kappa shape index (κ3) is 6.17. The zero-order valence-electron chi connectivity index (χ0n) is 13.4. The number of morpholine rings is 1. The highest BCUT2D eigenvalue weighted by molar-refractivity contribution is 14.0. The van der Waals surface area contributed by atoms with Crippen LogP contribution in [0.4, 0.5) is 0 Å². The van der Waals surface area contributed by atoms with Crippen molar-refractivity contribution < 1.29 is 13.2 Å². The number of rotatable bonds is 5. The number of aliphatic imine (C=N–C) groups is 1.